The molecule has 1 atom stereocenters. The molecule has 1 N–H and O–H groups in total. The molecule has 1 saturated carbocycles. The minimum absolute atomic E-state index is 0.314. The van der Waals surface area contributed by atoms with E-state index in [1.165, 1.54) is 63.7 Å². The summed E-state index contributed by atoms with van der Waals surface area (Å²) in [6, 6.07) is 8.56. The Hall–Kier alpha value is -1.02. The van der Waals surface area contributed by atoms with E-state index in [0.29, 0.717) is 5.41 Å². The minimum atomic E-state index is -0.314. The third kappa shape index (κ3) is 3.26. The molecule has 3 rings (SSSR count). The van der Waals surface area contributed by atoms with Gasteiger partial charge in [0.1, 0.15) is 0 Å². The van der Waals surface area contributed by atoms with Gasteiger partial charge in [-0.25, -0.2) is 0 Å². The maximum absolute atomic E-state index is 9.88. The maximum Gasteiger partial charge on any atom is 0.0787 e. The summed E-state index contributed by atoms with van der Waals surface area (Å²) >= 11 is 0. The van der Waals surface area contributed by atoms with Gasteiger partial charge in [-0.1, -0.05) is 38.3 Å². The number of hydrogen-bond acceptors (Lipinski definition) is 2. The van der Waals surface area contributed by atoms with Crippen molar-refractivity contribution in [2.75, 3.05) is 18.0 Å². The van der Waals surface area contributed by atoms with Crippen LogP contribution < -0.4 is 4.90 Å². The number of rotatable bonds is 3. The molecule has 1 saturated heterocycles. The fourth-order valence-electron chi connectivity index (χ4n) is 4.18. The molecule has 1 heterocycles. The number of nitrogens with zero attached hydrogens (tertiary/aromatic N) is 1. The van der Waals surface area contributed by atoms with Gasteiger partial charge >= 0.3 is 0 Å². The number of aliphatic hydroxyl groups excluding tert-OH is 1. The van der Waals surface area contributed by atoms with Crippen molar-refractivity contribution >= 4 is 5.69 Å². The van der Waals surface area contributed by atoms with E-state index in [0.717, 1.165) is 12.0 Å². The highest BCUT2D eigenvalue weighted by Crippen LogP contribution is 2.45. The van der Waals surface area contributed by atoms with Crippen LogP contribution in [-0.4, -0.2) is 18.2 Å². The molecule has 1 aliphatic carbocycles. The summed E-state index contributed by atoms with van der Waals surface area (Å²) < 4.78 is 0. The summed E-state index contributed by atoms with van der Waals surface area (Å²) in [5, 5.41) is 9.88. The summed E-state index contributed by atoms with van der Waals surface area (Å²) in [4.78, 5) is 2.53. The van der Waals surface area contributed by atoms with Crippen molar-refractivity contribution < 1.29 is 5.11 Å². The molecule has 0 radical (unpaired) electrons. The highest BCUT2D eigenvalue weighted by atomic mass is 16.3. The lowest BCUT2D eigenvalue weighted by Crippen LogP contribution is -2.41. The zero-order valence-electron chi connectivity index (χ0n) is 13.4. The Labute approximate surface area is 129 Å². The normalized spacial score (nSPS) is 23.2. The minimum Gasteiger partial charge on any atom is -0.388 e. The Morgan fingerprint density at radius 3 is 2.19 bits per heavy atom. The van der Waals surface area contributed by atoms with Crippen molar-refractivity contribution in [1.82, 2.24) is 0 Å². The topological polar surface area (TPSA) is 23.5 Å². The third-order valence-electron chi connectivity index (χ3n) is 5.77. The molecule has 2 fully saturated rings. The van der Waals surface area contributed by atoms with Crippen molar-refractivity contribution in [2.45, 2.75) is 64.4 Å². The van der Waals surface area contributed by atoms with Crippen molar-refractivity contribution in [1.29, 1.82) is 0 Å². The predicted octanol–water partition coefficient (Wildman–Crippen LogP) is 4.68. The van der Waals surface area contributed by atoms with E-state index < -0.39 is 0 Å². The van der Waals surface area contributed by atoms with Gasteiger partial charge in [-0.2, -0.15) is 0 Å². The molecule has 0 aromatic heterocycles. The zero-order chi connectivity index (χ0) is 14.7. The Bertz CT molecular complexity index is 437. The Balaban J connectivity index is 1.61. The second kappa shape index (κ2) is 6.39. The lowest BCUT2D eigenvalue weighted by Gasteiger charge is -2.45. The predicted molar refractivity (Wildman–Crippen MR) is 88.7 cm³/mol. The smallest absolute Gasteiger partial charge is 0.0787 e. The SMILES string of the molecule is CC[C@@H](O)c1ccc(N2CCC3(CCCCC3)CC2)cc1. The highest BCUT2D eigenvalue weighted by molar-refractivity contribution is 5.48. The van der Waals surface area contributed by atoms with Crippen LogP contribution in [0.15, 0.2) is 24.3 Å². The Kier molecular flexibility index (Phi) is 4.54. The van der Waals surface area contributed by atoms with Gasteiger partial charge in [-0.3, -0.25) is 0 Å². The number of benzene rings is 1. The highest BCUT2D eigenvalue weighted by Gasteiger charge is 2.35. The molecule has 21 heavy (non-hydrogen) atoms. The first-order valence-electron chi connectivity index (χ1n) is 8.75. The van der Waals surface area contributed by atoms with Gasteiger partial charge in [-0.15, -0.1) is 0 Å². The second-order valence-corrected chi connectivity index (χ2v) is 7.06. The van der Waals surface area contributed by atoms with Gasteiger partial charge in [0.2, 0.25) is 0 Å². The van der Waals surface area contributed by atoms with Gasteiger partial charge in [0, 0.05) is 18.8 Å². The van der Waals surface area contributed by atoms with Crippen LogP contribution in [-0.2, 0) is 0 Å². The monoisotopic (exact) mass is 287 g/mol. The summed E-state index contributed by atoms with van der Waals surface area (Å²) in [5.74, 6) is 0. The fraction of sp³-hybridized carbons (Fsp3) is 0.684. The molecule has 116 valence electrons. The van der Waals surface area contributed by atoms with Crippen LogP contribution in [0.2, 0.25) is 0 Å². The first-order chi connectivity index (χ1) is 10.2. The largest absolute Gasteiger partial charge is 0.388 e. The first-order valence-corrected chi connectivity index (χ1v) is 8.75. The molecule has 1 aromatic carbocycles. The third-order valence-corrected chi connectivity index (χ3v) is 5.77. The fourth-order valence-corrected chi connectivity index (χ4v) is 4.18. The van der Waals surface area contributed by atoms with E-state index in [4.69, 9.17) is 0 Å². The van der Waals surface area contributed by atoms with Crippen LogP contribution in [0.1, 0.15) is 70.0 Å². The summed E-state index contributed by atoms with van der Waals surface area (Å²) in [6.45, 7) is 4.43. The summed E-state index contributed by atoms with van der Waals surface area (Å²) in [7, 11) is 0. The number of hydrogen-bond donors (Lipinski definition) is 1. The van der Waals surface area contributed by atoms with E-state index >= 15 is 0 Å². The van der Waals surface area contributed by atoms with Gasteiger partial charge in [0.25, 0.3) is 0 Å². The van der Waals surface area contributed by atoms with Crippen LogP contribution in [0.3, 0.4) is 0 Å². The van der Waals surface area contributed by atoms with Crippen LogP contribution in [0.5, 0.6) is 0 Å². The number of aliphatic hydroxyl groups is 1. The molecular weight excluding hydrogens is 258 g/mol. The number of piperidine rings is 1. The van der Waals surface area contributed by atoms with Gasteiger partial charge in [0.05, 0.1) is 6.10 Å². The quantitative estimate of drug-likeness (QED) is 0.872. The van der Waals surface area contributed by atoms with Crippen molar-refractivity contribution in [3.63, 3.8) is 0 Å². The van der Waals surface area contributed by atoms with E-state index in [9.17, 15) is 5.11 Å². The molecule has 2 nitrogen and oxygen atoms in total. The van der Waals surface area contributed by atoms with Gasteiger partial charge in [0.15, 0.2) is 0 Å². The van der Waals surface area contributed by atoms with E-state index in [2.05, 4.69) is 29.2 Å². The second-order valence-electron chi connectivity index (χ2n) is 7.06. The number of anilines is 1. The van der Waals surface area contributed by atoms with Crippen LogP contribution in [0, 0.1) is 5.41 Å². The summed E-state index contributed by atoms with van der Waals surface area (Å²) in [5.41, 5.74) is 3.04. The van der Waals surface area contributed by atoms with Crippen LogP contribution in [0.4, 0.5) is 5.69 Å². The molecule has 1 aromatic rings. The van der Waals surface area contributed by atoms with E-state index in [-0.39, 0.29) is 6.10 Å². The van der Waals surface area contributed by atoms with Crippen LogP contribution >= 0.6 is 0 Å². The molecule has 0 unspecified atom stereocenters. The standard InChI is InChI=1S/C19H29NO/c1-2-18(21)16-6-8-17(9-7-16)20-14-12-19(13-15-20)10-4-3-5-11-19/h6-9,18,21H,2-5,10-15H2,1H3/t18-/m1/s1. The molecule has 1 spiro atoms. The molecule has 0 bridgehead atoms. The Morgan fingerprint density at radius 2 is 1.62 bits per heavy atom. The average Bonchev–Trinajstić information content (AvgIpc) is 2.56. The molecule has 2 aliphatic rings. The lowest BCUT2D eigenvalue weighted by atomic mass is 9.68. The average molecular weight is 287 g/mol. The lowest BCUT2D eigenvalue weighted by molar-refractivity contribution is 0.144. The van der Waals surface area contributed by atoms with Crippen LogP contribution in [0.25, 0.3) is 0 Å². The molecule has 1 aliphatic heterocycles. The van der Waals surface area contributed by atoms with Gasteiger partial charge < -0.3 is 10.0 Å². The van der Waals surface area contributed by atoms with Gasteiger partial charge in [-0.05, 0) is 55.2 Å². The zero-order valence-corrected chi connectivity index (χ0v) is 13.4. The molecular formula is C19H29NO. The van der Waals surface area contributed by atoms with E-state index in [1.807, 2.05) is 6.92 Å². The van der Waals surface area contributed by atoms with E-state index in [1.54, 1.807) is 0 Å². The Morgan fingerprint density at radius 1 is 1.00 bits per heavy atom. The molecule has 2 heteroatoms. The summed E-state index contributed by atoms with van der Waals surface area (Å²) in [6.07, 6.45) is 10.5. The van der Waals surface area contributed by atoms with Crippen molar-refractivity contribution in [3.8, 4) is 0 Å². The van der Waals surface area contributed by atoms with Crippen molar-refractivity contribution in [2.24, 2.45) is 5.41 Å². The first kappa shape index (κ1) is 14.9. The maximum atomic E-state index is 9.88. The van der Waals surface area contributed by atoms with Crippen molar-refractivity contribution in [3.05, 3.63) is 29.8 Å². The molecule has 0 amide bonds.